The molecule has 0 bridgehead atoms. The highest BCUT2D eigenvalue weighted by atomic mass is 16.5. The summed E-state index contributed by atoms with van der Waals surface area (Å²) in [5.41, 5.74) is 2.23. The number of hydrogen-bond donors (Lipinski definition) is 1. The van der Waals surface area contributed by atoms with Gasteiger partial charge in [-0.3, -0.25) is 4.79 Å². The fraction of sp³-hybridized carbons (Fsp3) is 0.240. The molecule has 0 spiro atoms. The molecule has 3 aromatic rings. The summed E-state index contributed by atoms with van der Waals surface area (Å²) in [5.74, 6) is 1.63. The SMILES string of the molecule is COc1cc(C(=O)Nc2ccc(OCCN(C)C)cc2)ccc1OCc1ccccc1. The molecule has 0 saturated heterocycles. The van der Waals surface area contributed by atoms with E-state index in [4.69, 9.17) is 14.2 Å². The minimum atomic E-state index is -0.228. The van der Waals surface area contributed by atoms with Crippen molar-refractivity contribution >= 4 is 11.6 Å². The number of rotatable bonds is 10. The maximum Gasteiger partial charge on any atom is 0.255 e. The highest BCUT2D eigenvalue weighted by molar-refractivity contribution is 6.04. The summed E-state index contributed by atoms with van der Waals surface area (Å²) in [6.45, 7) is 1.87. The van der Waals surface area contributed by atoms with Crippen LogP contribution in [0.15, 0.2) is 72.8 Å². The van der Waals surface area contributed by atoms with E-state index in [0.29, 0.717) is 36.0 Å². The van der Waals surface area contributed by atoms with Gasteiger partial charge in [0.25, 0.3) is 5.91 Å². The number of methoxy groups -OCH3 is 1. The number of anilines is 1. The number of benzene rings is 3. The summed E-state index contributed by atoms with van der Waals surface area (Å²) in [4.78, 5) is 14.7. The molecule has 3 aromatic carbocycles. The second kappa shape index (κ2) is 11.0. The van der Waals surface area contributed by atoms with Crippen LogP contribution in [-0.2, 0) is 6.61 Å². The first kappa shape index (κ1) is 22.2. The van der Waals surface area contributed by atoms with Crippen LogP contribution in [0.1, 0.15) is 15.9 Å². The molecule has 1 N–H and O–H groups in total. The van der Waals surface area contributed by atoms with Crippen molar-refractivity contribution in [3.05, 3.63) is 83.9 Å². The van der Waals surface area contributed by atoms with E-state index in [2.05, 4.69) is 10.2 Å². The van der Waals surface area contributed by atoms with Gasteiger partial charge >= 0.3 is 0 Å². The van der Waals surface area contributed by atoms with E-state index in [1.54, 1.807) is 25.3 Å². The van der Waals surface area contributed by atoms with Crippen LogP contribution in [-0.4, -0.2) is 45.2 Å². The highest BCUT2D eigenvalue weighted by Gasteiger charge is 2.12. The maximum absolute atomic E-state index is 12.7. The first-order chi connectivity index (χ1) is 15.0. The lowest BCUT2D eigenvalue weighted by Crippen LogP contribution is -2.19. The molecule has 162 valence electrons. The third-order valence-corrected chi connectivity index (χ3v) is 4.58. The summed E-state index contributed by atoms with van der Waals surface area (Å²) in [6.07, 6.45) is 0. The van der Waals surface area contributed by atoms with Crippen molar-refractivity contribution in [1.82, 2.24) is 4.90 Å². The van der Waals surface area contributed by atoms with E-state index in [0.717, 1.165) is 17.9 Å². The van der Waals surface area contributed by atoms with E-state index in [-0.39, 0.29) is 5.91 Å². The van der Waals surface area contributed by atoms with Gasteiger partial charge in [-0.1, -0.05) is 30.3 Å². The van der Waals surface area contributed by atoms with Gasteiger partial charge in [-0.25, -0.2) is 0 Å². The zero-order valence-corrected chi connectivity index (χ0v) is 18.1. The van der Waals surface area contributed by atoms with E-state index >= 15 is 0 Å². The lowest BCUT2D eigenvalue weighted by molar-refractivity contribution is 0.102. The Bertz CT molecular complexity index is 973. The molecule has 6 nitrogen and oxygen atoms in total. The molecule has 0 fully saturated rings. The fourth-order valence-electron chi connectivity index (χ4n) is 2.85. The van der Waals surface area contributed by atoms with Crippen LogP contribution in [0, 0.1) is 0 Å². The third-order valence-electron chi connectivity index (χ3n) is 4.58. The van der Waals surface area contributed by atoms with E-state index in [1.165, 1.54) is 0 Å². The molecule has 6 heteroatoms. The average molecular weight is 421 g/mol. The summed E-state index contributed by atoms with van der Waals surface area (Å²) >= 11 is 0. The smallest absolute Gasteiger partial charge is 0.255 e. The van der Waals surface area contributed by atoms with Crippen molar-refractivity contribution in [2.75, 3.05) is 39.7 Å². The summed E-state index contributed by atoms with van der Waals surface area (Å²) in [5, 5.41) is 2.89. The Labute approximate surface area is 183 Å². The third kappa shape index (κ3) is 6.76. The Hall–Kier alpha value is -3.51. The van der Waals surface area contributed by atoms with Crippen LogP contribution in [0.5, 0.6) is 17.2 Å². The predicted molar refractivity (Wildman–Crippen MR) is 122 cm³/mol. The molecule has 0 heterocycles. The quantitative estimate of drug-likeness (QED) is 0.525. The van der Waals surface area contributed by atoms with Gasteiger partial charge in [0, 0.05) is 17.8 Å². The van der Waals surface area contributed by atoms with Gasteiger partial charge in [-0.15, -0.1) is 0 Å². The topological polar surface area (TPSA) is 60.0 Å². The van der Waals surface area contributed by atoms with Crippen molar-refractivity contribution in [3.8, 4) is 17.2 Å². The van der Waals surface area contributed by atoms with Gasteiger partial charge in [0.1, 0.15) is 19.0 Å². The van der Waals surface area contributed by atoms with E-state index < -0.39 is 0 Å². The second-order valence-corrected chi connectivity index (χ2v) is 7.27. The van der Waals surface area contributed by atoms with Crippen LogP contribution < -0.4 is 19.5 Å². The second-order valence-electron chi connectivity index (χ2n) is 7.27. The zero-order chi connectivity index (χ0) is 22.1. The normalized spacial score (nSPS) is 10.6. The molecule has 0 atom stereocenters. The molecule has 3 rings (SSSR count). The van der Waals surface area contributed by atoms with Crippen molar-refractivity contribution < 1.29 is 19.0 Å². The summed E-state index contributed by atoms with van der Waals surface area (Å²) < 4.78 is 16.9. The number of ether oxygens (including phenoxy) is 3. The lowest BCUT2D eigenvalue weighted by Gasteiger charge is -2.13. The zero-order valence-electron chi connectivity index (χ0n) is 18.1. The first-order valence-electron chi connectivity index (χ1n) is 10.1. The molecule has 1 amide bonds. The van der Waals surface area contributed by atoms with Crippen LogP contribution in [0.2, 0.25) is 0 Å². The molecule has 0 aromatic heterocycles. The number of carbonyl (C=O) groups excluding carboxylic acids is 1. The summed E-state index contributed by atoms with van der Waals surface area (Å²) in [7, 11) is 5.55. The monoisotopic (exact) mass is 420 g/mol. The van der Waals surface area contributed by atoms with E-state index in [9.17, 15) is 4.79 Å². The first-order valence-corrected chi connectivity index (χ1v) is 10.1. The van der Waals surface area contributed by atoms with Gasteiger partial charge in [-0.05, 0) is 62.1 Å². The van der Waals surface area contributed by atoms with E-state index in [1.807, 2.05) is 68.7 Å². The number of amides is 1. The number of nitrogens with one attached hydrogen (secondary N) is 1. The van der Waals surface area contributed by atoms with Crippen LogP contribution in [0.4, 0.5) is 5.69 Å². The highest BCUT2D eigenvalue weighted by Crippen LogP contribution is 2.29. The molecular formula is C25H28N2O4. The maximum atomic E-state index is 12.7. The molecular weight excluding hydrogens is 392 g/mol. The number of carbonyl (C=O) groups is 1. The Morgan fingerprint density at radius 1 is 0.903 bits per heavy atom. The van der Waals surface area contributed by atoms with Crippen molar-refractivity contribution in [2.24, 2.45) is 0 Å². The average Bonchev–Trinajstić information content (AvgIpc) is 2.79. The van der Waals surface area contributed by atoms with Crippen LogP contribution in [0.3, 0.4) is 0 Å². The number of hydrogen-bond acceptors (Lipinski definition) is 5. The minimum Gasteiger partial charge on any atom is -0.493 e. The van der Waals surface area contributed by atoms with Crippen LogP contribution in [0.25, 0.3) is 0 Å². The Morgan fingerprint density at radius 2 is 1.65 bits per heavy atom. The molecule has 0 aliphatic rings. The molecule has 0 saturated carbocycles. The van der Waals surface area contributed by atoms with Crippen molar-refractivity contribution in [2.45, 2.75) is 6.61 Å². The Morgan fingerprint density at radius 3 is 2.32 bits per heavy atom. The Kier molecular flexibility index (Phi) is 7.90. The molecule has 0 radical (unpaired) electrons. The predicted octanol–water partition coefficient (Wildman–Crippen LogP) is 4.47. The van der Waals surface area contributed by atoms with Gasteiger partial charge < -0.3 is 24.4 Å². The molecule has 0 aliphatic carbocycles. The summed E-state index contributed by atoms with van der Waals surface area (Å²) in [6, 6.07) is 22.3. The number of nitrogens with zero attached hydrogens (tertiary/aromatic N) is 1. The van der Waals surface area contributed by atoms with Crippen molar-refractivity contribution in [3.63, 3.8) is 0 Å². The largest absolute Gasteiger partial charge is 0.493 e. The lowest BCUT2D eigenvalue weighted by atomic mass is 10.1. The number of likely N-dealkylation sites (N-methyl/N-ethyl adjacent to an activating group) is 1. The molecule has 31 heavy (non-hydrogen) atoms. The molecule has 0 unspecified atom stereocenters. The standard InChI is InChI=1S/C25H28N2O4/c1-27(2)15-16-30-22-12-10-21(11-13-22)26-25(28)20-9-14-23(24(17-20)29-3)31-18-19-7-5-4-6-8-19/h4-14,17H,15-16,18H2,1-3H3,(H,26,28). The van der Waals surface area contributed by atoms with Gasteiger partial charge in [0.05, 0.1) is 7.11 Å². The fourth-order valence-corrected chi connectivity index (χ4v) is 2.85. The minimum absolute atomic E-state index is 0.228. The molecule has 0 aliphatic heterocycles. The Balaban J connectivity index is 1.59. The van der Waals surface area contributed by atoms with Gasteiger partial charge in [0.2, 0.25) is 0 Å². The van der Waals surface area contributed by atoms with Gasteiger partial charge in [-0.2, -0.15) is 0 Å². The van der Waals surface area contributed by atoms with Gasteiger partial charge in [0.15, 0.2) is 11.5 Å². The van der Waals surface area contributed by atoms with Crippen molar-refractivity contribution in [1.29, 1.82) is 0 Å². The van der Waals surface area contributed by atoms with Crippen LogP contribution >= 0.6 is 0 Å².